The van der Waals surface area contributed by atoms with Crippen LogP contribution in [0.25, 0.3) is 55.7 Å². The van der Waals surface area contributed by atoms with Crippen LogP contribution in [-0.4, -0.2) is 68.2 Å². The quantitative estimate of drug-likeness (QED) is 0.207. The molecule has 1 aromatic carbocycles. The van der Waals surface area contributed by atoms with Gasteiger partial charge >= 0.3 is 0 Å². The Morgan fingerprint density at radius 2 is 1.83 bits per heavy atom. The van der Waals surface area contributed by atoms with E-state index in [4.69, 9.17) is 4.74 Å². The van der Waals surface area contributed by atoms with Crippen LogP contribution in [0.1, 0.15) is 13.3 Å². The first-order chi connectivity index (χ1) is 20.4. The van der Waals surface area contributed by atoms with Crippen molar-refractivity contribution < 1.29 is 13.9 Å². The number of amides is 1. The van der Waals surface area contributed by atoms with Gasteiger partial charge < -0.3 is 19.9 Å². The number of halogens is 1. The minimum absolute atomic E-state index is 0.0854. The SMILES string of the molecule is CCC(=O)Nc1cncc(-c2cnc3[nH]nc(-c4cc5c(-c6cc(F)cc(OCCN(C)C)c6)ccnc5[nH]4)c3c2)c1. The highest BCUT2D eigenvalue weighted by Crippen LogP contribution is 2.35. The molecule has 10 nitrogen and oxygen atoms in total. The van der Waals surface area contributed by atoms with Crippen molar-refractivity contribution in [3.8, 4) is 39.4 Å². The molecule has 0 aliphatic rings. The molecule has 0 saturated carbocycles. The number of nitrogens with zero attached hydrogens (tertiary/aromatic N) is 5. The molecule has 0 atom stereocenters. The molecule has 0 spiro atoms. The Bertz CT molecular complexity index is 1910. The molecule has 5 heterocycles. The molecule has 11 heteroatoms. The van der Waals surface area contributed by atoms with E-state index in [1.807, 2.05) is 49.3 Å². The third kappa shape index (κ3) is 5.54. The van der Waals surface area contributed by atoms with Gasteiger partial charge in [0.2, 0.25) is 5.91 Å². The topological polar surface area (TPSA) is 125 Å². The molecule has 0 bridgehead atoms. The molecule has 0 radical (unpaired) electrons. The Balaban J connectivity index is 1.36. The van der Waals surface area contributed by atoms with Crippen molar-refractivity contribution in [3.05, 3.63) is 73.1 Å². The highest BCUT2D eigenvalue weighted by atomic mass is 19.1. The van der Waals surface area contributed by atoms with E-state index >= 15 is 0 Å². The number of carbonyl (C=O) groups is 1. The lowest BCUT2D eigenvalue weighted by molar-refractivity contribution is -0.115. The second-order valence-corrected chi connectivity index (χ2v) is 10.2. The molecule has 0 saturated heterocycles. The fraction of sp³-hybridized carbons (Fsp3) is 0.194. The smallest absolute Gasteiger partial charge is 0.224 e. The predicted molar refractivity (Wildman–Crippen MR) is 161 cm³/mol. The number of hydrogen-bond acceptors (Lipinski definition) is 7. The summed E-state index contributed by atoms with van der Waals surface area (Å²) in [6.07, 6.45) is 7.14. The maximum Gasteiger partial charge on any atom is 0.224 e. The maximum atomic E-state index is 14.6. The van der Waals surface area contributed by atoms with Gasteiger partial charge in [0.15, 0.2) is 5.65 Å². The van der Waals surface area contributed by atoms with Crippen molar-refractivity contribution in [1.29, 1.82) is 0 Å². The summed E-state index contributed by atoms with van der Waals surface area (Å²) in [5, 5.41) is 12.0. The number of pyridine rings is 3. The molecular weight excluding hydrogens is 535 g/mol. The van der Waals surface area contributed by atoms with E-state index in [-0.39, 0.29) is 11.7 Å². The van der Waals surface area contributed by atoms with E-state index in [0.717, 1.165) is 39.7 Å². The van der Waals surface area contributed by atoms with Gasteiger partial charge in [0.05, 0.1) is 17.6 Å². The molecule has 6 aromatic rings. The number of H-pyrrole nitrogens is 2. The highest BCUT2D eigenvalue weighted by molar-refractivity contribution is 6.00. The standard InChI is InChI=1S/C31H29FN8O2/c1-4-28(41)36-22-10-19(15-33-17-22)20-12-26-29(38-39-31(26)35-16-20)27-14-25-24(5-6-34-30(25)37-27)18-9-21(32)13-23(11-18)42-8-7-40(2)3/h5-6,9-17H,4,7-8H2,1-3H3,(H,34,37)(H,36,41)(H,35,38,39). The zero-order valence-corrected chi connectivity index (χ0v) is 23.4. The number of carbonyl (C=O) groups excluding carboxylic acids is 1. The number of nitrogens with one attached hydrogen (secondary N) is 3. The van der Waals surface area contributed by atoms with Crippen LogP contribution in [0.15, 0.2) is 67.3 Å². The van der Waals surface area contributed by atoms with Crippen LogP contribution in [0.3, 0.4) is 0 Å². The summed E-state index contributed by atoms with van der Waals surface area (Å²) in [5.41, 5.74) is 6.41. The van der Waals surface area contributed by atoms with E-state index in [1.54, 1.807) is 31.7 Å². The minimum atomic E-state index is -0.377. The molecule has 0 aliphatic carbocycles. The Morgan fingerprint density at radius 1 is 0.976 bits per heavy atom. The number of benzene rings is 1. The molecule has 6 rings (SSSR count). The monoisotopic (exact) mass is 564 g/mol. The Labute approximate surface area is 241 Å². The van der Waals surface area contributed by atoms with Crippen LogP contribution < -0.4 is 10.1 Å². The van der Waals surface area contributed by atoms with Crippen LogP contribution in [0, 0.1) is 5.82 Å². The Hall–Kier alpha value is -5.16. The average Bonchev–Trinajstić information content (AvgIpc) is 3.60. The van der Waals surface area contributed by atoms with Crippen molar-refractivity contribution in [2.24, 2.45) is 0 Å². The Morgan fingerprint density at radius 3 is 2.67 bits per heavy atom. The molecule has 3 N–H and O–H groups in total. The largest absolute Gasteiger partial charge is 0.492 e. The first-order valence-electron chi connectivity index (χ1n) is 13.5. The van der Waals surface area contributed by atoms with Crippen molar-refractivity contribution in [2.75, 3.05) is 32.6 Å². The minimum Gasteiger partial charge on any atom is -0.492 e. The number of likely N-dealkylation sites (N-methyl/N-ethyl adjacent to an activating group) is 1. The van der Waals surface area contributed by atoms with Gasteiger partial charge in [-0.25, -0.2) is 14.4 Å². The maximum absolute atomic E-state index is 14.6. The molecule has 0 fully saturated rings. The van der Waals surface area contributed by atoms with Crippen molar-refractivity contribution in [1.82, 2.24) is 35.0 Å². The molecule has 1 amide bonds. The number of fused-ring (bicyclic) bond motifs is 2. The number of aromatic amines is 2. The second-order valence-electron chi connectivity index (χ2n) is 10.2. The fourth-order valence-corrected chi connectivity index (χ4v) is 4.74. The van der Waals surface area contributed by atoms with Gasteiger partial charge in [0, 0.05) is 59.5 Å². The molecule has 42 heavy (non-hydrogen) atoms. The van der Waals surface area contributed by atoms with Gasteiger partial charge in [0.25, 0.3) is 0 Å². The number of aromatic nitrogens is 6. The lowest BCUT2D eigenvalue weighted by Crippen LogP contribution is -2.19. The van der Waals surface area contributed by atoms with Crippen LogP contribution >= 0.6 is 0 Å². The summed E-state index contributed by atoms with van der Waals surface area (Å²) in [5.74, 6) is 0.00726. The Kier molecular flexibility index (Phi) is 7.32. The van der Waals surface area contributed by atoms with E-state index in [1.165, 1.54) is 12.1 Å². The van der Waals surface area contributed by atoms with Crippen LogP contribution in [0.5, 0.6) is 5.75 Å². The summed E-state index contributed by atoms with van der Waals surface area (Å²) < 4.78 is 20.4. The van der Waals surface area contributed by atoms with E-state index < -0.39 is 0 Å². The number of anilines is 1. The normalized spacial score (nSPS) is 11.5. The van der Waals surface area contributed by atoms with Gasteiger partial charge in [-0.15, -0.1) is 0 Å². The first-order valence-corrected chi connectivity index (χ1v) is 13.5. The predicted octanol–water partition coefficient (Wildman–Crippen LogP) is 5.66. The van der Waals surface area contributed by atoms with Gasteiger partial charge in [-0.3, -0.25) is 14.9 Å². The molecule has 5 aromatic heterocycles. The third-order valence-corrected chi connectivity index (χ3v) is 6.87. The van der Waals surface area contributed by atoms with Crippen molar-refractivity contribution in [2.45, 2.75) is 13.3 Å². The van der Waals surface area contributed by atoms with E-state index in [2.05, 4.69) is 35.5 Å². The number of rotatable bonds is 9. The summed E-state index contributed by atoms with van der Waals surface area (Å²) in [6, 6.07) is 12.4. The van der Waals surface area contributed by atoms with Gasteiger partial charge in [0.1, 0.15) is 29.5 Å². The van der Waals surface area contributed by atoms with E-state index in [9.17, 15) is 9.18 Å². The van der Waals surface area contributed by atoms with Gasteiger partial charge in [-0.2, -0.15) is 5.10 Å². The third-order valence-electron chi connectivity index (χ3n) is 6.87. The molecule has 0 unspecified atom stereocenters. The summed E-state index contributed by atoms with van der Waals surface area (Å²) in [6.45, 7) is 2.97. The van der Waals surface area contributed by atoms with Gasteiger partial charge in [-0.1, -0.05) is 6.92 Å². The van der Waals surface area contributed by atoms with Crippen LogP contribution in [-0.2, 0) is 4.79 Å². The fourth-order valence-electron chi connectivity index (χ4n) is 4.74. The highest BCUT2D eigenvalue weighted by Gasteiger charge is 2.17. The first kappa shape index (κ1) is 27.0. The zero-order chi connectivity index (χ0) is 29.2. The van der Waals surface area contributed by atoms with E-state index in [0.29, 0.717) is 47.0 Å². The lowest BCUT2D eigenvalue weighted by atomic mass is 10.0. The summed E-state index contributed by atoms with van der Waals surface area (Å²) >= 11 is 0. The van der Waals surface area contributed by atoms with Gasteiger partial charge in [-0.05, 0) is 61.6 Å². The average molecular weight is 565 g/mol. The second kappa shape index (κ2) is 11.4. The molecule has 212 valence electrons. The van der Waals surface area contributed by atoms with Crippen molar-refractivity contribution in [3.63, 3.8) is 0 Å². The zero-order valence-electron chi connectivity index (χ0n) is 23.4. The molecular formula is C31H29FN8O2. The van der Waals surface area contributed by atoms with Crippen LogP contribution in [0.2, 0.25) is 0 Å². The van der Waals surface area contributed by atoms with Crippen LogP contribution in [0.4, 0.5) is 10.1 Å². The number of ether oxygens (including phenoxy) is 1. The summed E-state index contributed by atoms with van der Waals surface area (Å²) in [4.78, 5) is 30.6. The van der Waals surface area contributed by atoms with Crippen molar-refractivity contribution >= 4 is 33.7 Å². The summed E-state index contributed by atoms with van der Waals surface area (Å²) in [7, 11) is 3.92. The lowest BCUT2D eigenvalue weighted by Gasteiger charge is -2.12. The molecule has 0 aliphatic heterocycles. The number of hydrogen-bond donors (Lipinski definition) is 3.